The molecule has 1 unspecified atom stereocenters. The number of aliphatic hydroxyl groups is 1. The van der Waals surface area contributed by atoms with E-state index < -0.39 is 6.10 Å². The molecule has 0 bridgehead atoms. The van der Waals surface area contributed by atoms with Crippen molar-refractivity contribution < 1.29 is 14.6 Å². The Morgan fingerprint density at radius 3 is 2.55 bits per heavy atom. The van der Waals surface area contributed by atoms with E-state index in [1.54, 1.807) is 7.11 Å². The first kappa shape index (κ1) is 15.3. The summed E-state index contributed by atoms with van der Waals surface area (Å²) in [4.78, 5) is 0. The van der Waals surface area contributed by atoms with E-state index in [9.17, 15) is 5.11 Å². The van der Waals surface area contributed by atoms with Gasteiger partial charge in [-0.15, -0.1) is 0 Å². The van der Waals surface area contributed by atoms with Crippen LogP contribution in [0.3, 0.4) is 0 Å². The average Bonchev–Trinajstić information content (AvgIpc) is 2.73. The van der Waals surface area contributed by atoms with Crippen LogP contribution in [-0.2, 0) is 4.74 Å². The van der Waals surface area contributed by atoms with Gasteiger partial charge in [-0.3, -0.25) is 0 Å². The minimum atomic E-state index is -0.617. The Bertz CT molecular complexity index is 409. The first-order valence-electron chi connectivity index (χ1n) is 7.65. The summed E-state index contributed by atoms with van der Waals surface area (Å²) in [5.74, 6) is 0.729. The zero-order valence-electron chi connectivity index (χ0n) is 12.6. The smallest absolute Gasteiger partial charge is 0.124 e. The maximum Gasteiger partial charge on any atom is 0.124 e. The third-order valence-electron chi connectivity index (χ3n) is 4.04. The quantitative estimate of drug-likeness (QED) is 0.833. The van der Waals surface area contributed by atoms with E-state index in [4.69, 9.17) is 9.47 Å². The number of benzene rings is 1. The zero-order chi connectivity index (χ0) is 14.4. The number of aliphatic hydroxyl groups excluding tert-OH is 1. The molecule has 0 saturated heterocycles. The summed E-state index contributed by atoms with van der Waals surface area (Å²) in [6.45, 7) is 2.37. The minimum absolute atomic E-state index is 0.308. The summed E-state index contributed by atoms with van der Waals surface area (Å²) >= 11 is 0. The lowest BCUT2D eigenvalue weighted by molar-refractivity contribution is -0.0166. The molecule has 1 N–H and O–H groups in total. The minimum Gasteiger partial charge on any atom is -0.496 e. The number of aryl methyl sites for hydroxylation is 1. The van der Waals surface area contributed by atoms with Crippen molar-refractivity contribution in [1.29, 1.82) is 0 Å². The van der Waals surface area contributed by atoms with E-state index >= 15 is 0 Å². The van der Waals surface area contributed by atoms with Crippen LogP contribution in [0.4, 0.5) is 0 Å². The largest absolute Gasteiger partial charge is 0.496 e. The highest BCUT2D eigenvalue weighted by Crippen LogP contribution is 2.28. The van der Waals surface area contributed by atoms with E-state index in [0.717, 1.165) is 29.7 Å². The second-order valence-electron chi connectivity index (χ2n) is 5.71. The fourth-order valence-electron chi connectivity index (χ4n) is 2.84. The summed E-state index contributed by atoms with van der Waals surface area (Å²) in [6, 6.07) is 5.86. The van der Waals surface area contributed by atoms with Crippen molar-refractivity contribution >= 4 is 0 Å². The topological polar surface area (TPSA) is 38.7 Å². The number of hydrogen-bond donors (Lipinski definition) is 1. The molecule has 3 nitrogen and oxygen atoms in total. The van der Waals surface area contributed by atoms with Gasteiger partial charge in [0.05, 0.1) is 19.8 Å². The third-order valence-corrected chi connectivity index (χ3v) is 4.04. The van der Waals surface area contributed by atoms with Crippen molar-refractivity contribution in [2.45, 2.75) is 57.7 Å². The predicted molar refractivity (Wildman–Crippen MR) is 80.1 cm³/mol. The lowest BCUT2D eigenvalue weighted by atomic mass is 10.1. The molecule has 20 heavy (non-hydrogen) atoms. The van der Waals surface area contributed by atoms with Gasteiger partial charge in [0, 0.05) is 5.56 Å². The molecule has 0 amide bonds. The molecular formula is C17H26O3. The van der Waals surface area contributed by atoms with Crippen molar-refractivity contribution in [3.63, 3.8) is 0 Å². The van der Waals surface area contributed by atoms with Gasteiger partial charge in [-0.1, -0.05) is 37.3 Å². The molecule has 1 saturated carbocycles. The molecule has 1 aromatic carbocycles. The zero-order valence-corrected chi connectivity index (χ0v) is 12.6. The van der Waals surface area contributed by atoms with Gasteiger partial charge >= 0.3 is 0 Å². The first-order chi connectivity index (χ1) is 9.70. The molecule has 0 aliphatic heterocycles. The van der Waals surface area contributed by atoms with Crippen molar-refractivity contribution in [3.05, 3.63) is 29.3 Å². The Morgan fingerprint density at radius 2 is 1.90 bits per heavy atom. The molecule has 1 aromatic rings. The van der Waals surface area contributed by atoms with Crippen LogP contribution in [0.1, 0.15) is 55.8 Å². The molecule has 112 valence electrons. The van der Waals surface area contributed by atoms with Gasteiger partial charge in [0.25, 0.3) is 0 Å². The molecule has 0 aromatic heterocycles. The maximum absolute atomic E-state index is 10.4. The van der Waals surface area contributed by atoms with Gasteiger partial charge in [0.2, 0.25) is 0 Å². The van der Waals surface area contributed by atoms with Crippen LogP contribution >= 0.6 is 0 Å². The van der Waals surface area contributed by atoms with Gasteiger partial charge in [-0.05, 0) is 31.9 Å². The van der Waals surface area contributed by atoms with Gasteiger partial charge < -0.3 is 14.6 Å². The molecular weight excluding hydrogens is 252 g/mol. The Labute approximate surface area is 121 Å². The van der Waals surface area contributed by atoms with Gasteiger partial charge in [0.1, 0.15) is 11.9 Å². The third kappa shape index (κ3) is 4.22. The lowest BCUT2D eigenvalue weighted by Gasteiger charge is -2.20. The SMILES string of the molecule is COc1ccc(C)cc1C(O)COC1CCCCCC1. The van der Waals surface area contributed by atoms with Crippen LogP contribution in [-0.4, -0.2) is 24.9 Å². The fraction of sp³-hybridized carbons (Fsp3) is 0.647. The molecule has 1 aliphatic rings. The normalized spacial score (nSPS) is 18.6. The Hall–Kier alpha value is -1.06. The van der Waals surface area contributed by atoms with E-state index in [0.29, 0.717) is 12.7 Å². The highest BCUT2D eigenvalue weighted by atomic mass is 16.5. The van der Waals surface area contributed by atoms with Crippen LogP contribution in [0, 0.1) is 6.92 Å². The number of rotatable bonds is 5. The molecule has 1 fully saturated rings. The molecule has 1 atom stereocenters. The summed E-state index contributed by atoms with van der Waals surface area (Å²) < 4.78 is 11.2. The van der Waals surface area contributed by atoms with Crippen LogP contribution < -0.4 is 4.74 Å². The molecule has 0 spiro atoms. The number of ether oxygens (including phenoxy) is 2. The second kappa shape index (κ2) is 7.65. The monoisotopic (exact) mass is 278 g/mol. The highest BCUT2D eigenvalue weighted by molar-refractivity contribution is 5.38. The first-order valence-corrected chi connectivity index (χ1v) is 7.65. The molecule has 0 radical (unpaired) electrons. The van der Waals surface area contributed by atoms with Crippen LogP contribution in [0.5, 0.6) is 5.75 Å². The van der Waals surface area contributed by atoms with E-state index in [-0.39, 0.29) is 0 Å². The summed E-state index contributed by atoms with van der Waals surface area (Å²) in [5.41, 5.74) is 1.94. The van der Waals surface area contributed by atoms with Gasteiger partial charge in [0.15, 0.2) is 0 Å². The molecule has 0 heterocycles. The van der Waals surface area contributed by atoms with Gasteiger partial charge in [-0.2, -0.15) is 0 Å². The number of methoxy groups -OCH3 is 1. The van der Waals surface area contributed by atoms with Crippen molar-refractivity contribution in [2.24, 2.45) is 0 Å². The lowest BCUT2D eigenvalue weighted by Crippen LogP contribution is -2.17. The van der Waals surface area contributed by atoms with Crippen molar-refractivity contribution in [3.8, 4) is 5.75 Å². The molecule has 1 aliphatic carbocycles. The van der Waals surface area contributed by atoms with Crippen LogP contribution in [0.2, 0.25) is 0 Å². The highest BCUT2D eigenvalue weighted by Gasteiger charge is 2.18. The van der Waals surface area contributed by atoms with E-state index in [1.165, 1.54) is 25.7 Å². The molecule has 2 rings (SSSR count). The summed E-state index contributed by atoms with van der Waals surface area (Å²) in [7, 11) is 1.63. The molecule has 3 heteroatoms. The van der Waals surface area contributed by atoms with Crippen LogP contribution in [0.25, 0.3) is 0 Å². The number of hydrogen-bond acceptors (Lipinski definition) is 3. The van der Waals surface area contributed by atoms with Crippen molar-refractivity contribution in [1.82, 2.24) is 0 Å². The standard InChI is InChI=1S/C17H26O3/c1-13-9-10-17(19-2)15(11-13)16(18)12-20-14-7-5-3-4-6-8-14/h9-11,14,16,18H,3-8,12H2,1-2H3. The van der Waals surface area contributed by atoms with E-state index in [1.807, 2.05) is 25.1 Å². The summed E-state index contributed by atoms with van der Waals surface area (Å²) in [5, 5.41) is 10.4. The average molecular weight is 278 g/mol. The Morgan fingerprint density at radius 1 is 1.20 bits per heavy atom. The van der Waals surface area contributed by atoms with Crippen LogP contribution in [0.15, 0.2) is 18.2 Å². The second-order valence-corrected chi connectivity index (χ2v) is 5.71. The van der Waals surface area contributed by atoms with Crippen molar-refractivity contribution in [2.75, 3.05) is 13.7 Å². The van der Waals surface area contributed by atoms with E-state index in [2.05, 4.69) is 0 Å². The fourth-order valence-corrected chi connectivity index (χ4v) is 2.84. The Kier molecular flexibility index (Phi) is 5.86. The summed E-state index contributed by atoms with van der Waals surface area (Å²) in [6.07, 6.45) is 7.05. The predicted octanol–water partition coefficient (Wildman–Crippen LogP) is 3.78. The Balaban J connectivity index is 1.93. The van der Waals surface area contributed by atoms with Gasteiger partial charge in [-0.25, -0.2) is 0 Å². The maximum atomic E-state index is 10.4.